The summed E-state index contributed by atoms with van der Waals surface area (Å²) in [5.74, 6) is 0. The molecule has 86 valence electrons. The Hall–Kier alpha value is -1.27. The fourth-order valence-corrected chi connectivity index (χ4v) is 5.34. The van der Waals surface area contributed by atoms with E-state index in [0.29, 0.717) is 0 Å². The van der Waals surface area contributed by atoms with Gasteiger partial charge in [-0.25, -0.2) is 0 Å². The van der Waals surface area contributed by atoms with E-state index in [9.17, 15) is 0 Å². The molecule has 0 radical (unpaired) electrons. The summed E-state index contributed by atoms with van der Waals surface area (Å²) in [6.07, 6.45) is 4.31. The Labute approximate surface area is 108 Å². The molecule has 1 unspecified atom stereocenters. The van der Waals surface area contributed by atoms with E-state index in [4.69, 9.17) is 5.73 Å². The summed E-state index contributed by atoms with van der Waals surface area (Å²) in [4.78, 5) is 4.45. The molecule has 17 heavy (non-hydrogen) atoms. The summed E-state index contributed by atoms with van der Waals surface area (Å²) in [5.41, 5.74) is 9.66. The first kappa shape index (κ1) is 10.9. The van der Waals surface area contributed by atoms with Crippen molar-refractivity contribution in [1.82, 2.24) is 4.98 Å². The maximum absolute atomic E-state index is 5.83. The van der Waals surface area contributed by atoms with Crippen molar-refractivity contribution in [1.29, 1.82) is 0 Å². The number of aromatic nitrogens is 1. The van der Waals surface area contributed by atoms with Gasteiger partial charge in [0.25, 0.3) is 0 Å². The van der Waals surface area contributed by atoms with Gasteiger partial charge in [-0.15, -0.1) is 0 Å². The fraction of sp³-hybridized carbons (Fsp3) is 0.214. The molecule has 0 bridgehead atoms. The van der Waals surface area contributed by atoms with E-state index in [1.54, 1.807) is 0 Å². The van der Waals surface area contributed by atoms with Crippen LogP contribution in [0.3, 0.4) is 0 Å². The summed E-state index contributed by atoms with van der Waals surface area (Å²) in [6, 6.07) is 12.6. The van der Waals surface area contributed by atoms with E-state index in [2.05, 4.69) is 29.2 Å². The van der Waals surface area contributed by atoms with Gasteiger partial charge in [-0.05, 0) is 0 Å². The van der Waals surface area contributed by atoms with Gasteiger partial charge in [0.05, 0.1) is 0 Å². The van der Waals surface area contributed by atoms with E-state index in [-0.39, 0.29) is 15.8 Å². The molecule has 0 amide bonds. The number of benzene rings is 1. The number of rotatable bonds is 2. The standard InChI is InChI=1S/C14H15AsN2/c16-13-5-4-10-7-12(8-11(10)9-13)15-14-3-1-2-6-17-14/h1-6,9,12,15H,7-8,16H2/t12-/m0/s1. The van der Waals surface area contributed by atoms with Crippen molar-refractivity contribution in [2.24, 2.45) is 0 Å². The second-order valence-corrected chi connectivity index (χ2v) is 7.89. The summed E-state index contributed by atoms with van der Waals surface area (Å²) in [5, 5.41) is 0. The Kier molecular flexibility index (Phi) is 2.90. The third-order valence-electron chi connectivity index (χ3n) is 3.18. The van der Waals surface area contributed by atoms with Crippen molar-refractivity contribution in [3.63, 3.8) is 0 Å². The maximum atomic E-state index is 5.83. The molecular weight excluding hydrogens is 271 g/mol. The van der Waals surface area contributed by atoms with Crippen LogP contribution in [0.5, 0.6) is 0 Å². The number of fused-ring (bicyclic) bond motifs is 1. The fourth-order valence-electron chi connectivity index (χ4n) is 2.40. The van der Waals surface area contributed by atoms with Gasteiger partial charge in [0, 0.05) is 0 Å². The second-order valence-electron chi connectivity index (χ2n) is 4.49. The van der Waals surface area contributed by atoms with Gasteiger partial charge >= 0.3 is 108 Å². The molecule has 0 spiro atoms. The van der Waals surface area contributed by atoms with Gasteiger partial charge in [0.1, 0.15) is 0 Å². The van der Waals surface area contributed by atoms with Gasteiger partial charge in [0.15, 0.2) is 0 Å². The van der Waals surface area contributed by atoms with Gasteiger partial charge in [-0.1, -0.05) is 0 Å². The molecule has 2 N–H and O–H groups in total. The van der Waals surface area contributed by atoms with Crippen molar-refractivity contribution in [2.45, 2.75) is 17.5 Å². The van der Waals surface area contributed by atoms with Crippen LogP contribution in [-0.2, 0) is 12.8 Å². The van der Waals surface area contributed by atoms with Crippen LogP contribution in [-0.4, -0.2) is 20.7 Å². The Morgan fingerprint density at radius 3 is 2.82 bits per heavy atom. The first-order chi connectivity index (χ1) is 8.31. The zero-order valence-electron chi connectivity index (χ0n) is 9.56. The number of hydrogen-bond donors (Lipinski definition) is 1. The van der Waals surface area contributed by atoms with Crippen LogP contribution >= 0.6 is 0 Å². The van der Waals surface area contributed by atoms with Crippen molar-refractivity contribution in [2.75, 3.05) is 5.73 Å². The normalized spacial score (nSPS) is 18.7. The molecule has 1 heterocycles. The molecule has 0 saturated heterocycles. The minimum atomic E-state index is -0.130. The molecule has 1 aliphatic rings. The molecule has 0 fully saturated rings. The third kappa shape index (κ3) is 2.37. The Balaban J connectivity index is 1.74. The molecule has 2 aromatic rings. The molecule has 1 aromatic heterocycles. The minimum absolute atomic E-state index is 0.130. The second kappa shape index (κ2) is 4.54. The summed E-state index contributed by atoms with van der Waals surface area (Å²) in [6.45, 7) is 0. The van der Waals surface area contributed by atoms with E-state index >= 15 is 0 Å². The van der Waals surface area contributed by atoms with Crippen LogP contribution in [0.25, 0.3) is 0 Å². The van der Waals surface area contributed by atoms with Gasteiger partial charge in [0.2, 0.25) is 0 Å². The SMILES string of the molecule is Nc1ccc2c(c1)C[C@@H]([AsH]c1ccccn1)C2. The molecule has 1 aliphatic carbocycles. The molecular formula is C14H15AsN2. The van der Waals surface area contributed by atoms with Gasteiger partial charge in [-0.3, -0.25) is 0 Å². The van der Waals surface area contributed by atoms with Crippen LogP contribution in [0.4, 0.5) is 5.69 Å². The average Bonchev–Trinajstić information content (AvgIpc) is 2.71. The number of nitrogen functional groups attached to an aromatic ring is 1. The van der Waals surface area contributed by atoms with Crippen molar-refractivity contribution in [3.05, 3.63) is 53.7 Å². The van der Waals surface area contributed by atoms with E-state index in [1.165, 1.54) is 28.5 Å². The van der Waals surface area contributed by atoms with Gasteiger partial charge < -0.3 is 0 Å². The van der Waals surface area contributed by atoms with Crippen LogP contribution in [0.2, 0.25) is 4.71 Å². The predicted octanol–water partition coefficient (Wildman–Crippen LogP) is 1.31. The van der Waals surface area contributed by atoms with E-state index < -0.39 is 0 Å². The number of pyridine rings is 1. The molecule has 2 atom stereocenters. The van der Waals surface area contributed by atoms with Crippen LogP contribution in [0, 0.1) is 0 Å². The summed E-state index contributed by atoms with van der Waals surface area (Å²) in [7, 11) is 0. The Morgan fingerprint density at radius 1 is 1.12 bits per heavy atom. The molecule has 0 saturated carbocycles. The number of nitrogens with two attached hydrogens (primary N) is 1. The molecule has 2 nitrogen and oxygen atoms in total. The number of hydrogen-bond acceptors (Lipinski definition) is 2. The van der Waals surface area contributed by atoms with Crippen LogP contribution < -0.4 is 10.2 Å². The Morgan fingerprint density at radius 2 is 2.00 bits per heavy atom. The van der Waals surface area contributed by atoms with Gasteiger partial charge in [-0.2, -0.15) is 0 Å². The topological polar surface area (TPSA) is 38.9 Å². The average molecular weight is 286 g/mol. The molecule has 3 rings (SSSR count). The zero-order valence-corrected chi connectivity index (χ0v) is 11.7. The van der Waals surface area contributed by atoms with Crippen molar-refractivity contribution >= 4 is 25.9 Å². The summed E-state index contributed by atoms with van der Waals surface area (Å²) < 4.78 is 2.12. The molecule has 0 aliphatic heterocycles. The first-order valence-electron chi connectivity index (χ1n) is 5.86. The predicted molar refractivity (Wildman–Crippen MR) is 73.0 cm³/mol. The quantitative estimate of drug-likeness (QED) is 0.668. The molecule has 1 aromatic carbocycles. The Bertz CT molecular complexity index is 525. The van der Waals surface area contributed by atoms with E-state index in [0.717, 1.165) is 10.4 Å². The monoisotopic (exact) mass is 286 g/mol. The van der Waals surface area contributed by atoms with Crippen molar-refractivity contribution in [3.8, 4) is 0 Å². The molecule has 3 heteroatoms. The van der Waals surface area contributed by atoms with E-state index in [1.807, 2.05) is 18.3 Å². The number of anilines is 1. The zero-order chi connectivity index (χ0) is 11.7. The number of nitrogens with zero attached hydrogens (tertiary/aromatic N) is 1. The third-order valence-corrected chi connectivity index (χ3v) is 6.13. The summed E-state index contributed by atoms with van der Waals surface area (Å²) >= 11 is -0.130. The van der Waals surface area contributed by atoms with Crippen LogP contribution in [0.15, 0.2) is 42.6 Å². The first-order valence-corrected chi connectivity index (χ1v) is 8.12. The van der Waals surface area contributed by atoms with Crippen LogP contribution in [0.1, 0.15) is 11.1 Å². The van der Waals surface area contributed by atoms with Crippen molar-refractivity contribution < 1.29 is 0 Å².